The molecular formula is C24H37O8PSi2. The molecule has 35 heavy (non-hydrogen) atoms. The van der Waals surface area contributed by atoms with Crippen LogP contribution in [0.2, 0.25) is 39.3 Å². The van der Waals surface area contributed by atoms with Crippen molar-refractivity contribution in [2.75, 3.05) is 28.4 Å². The van der Waals surface area contributed by atoms with E-state index in [2.05, 4.69) is 0 Å². The summed E-state index contributed by atoms with van der Waals surface area (Å²) in [5.41, 5.74) is 1.63. The van der Waals surface area contributed by atoms with Crippen LogP contribution in [0, 0.1) is 0 Å². The number of rotatable bonds is 12. The normalized spacial score (nSPS) is 12.5. The third kappa shape index (κ3) is 8.73. The zero-order chi connectivity index (χ0) is 26.4. The van der Waals surface area contributed by atoms with Crippen LogP contribution in [0.5, 0.6) is 28.7 Å². The molecule has 0 aliphatic rings. The summed E-state index contributed by atoms with van der Waals surface area (Å²) >= 11 is 0. The Morgan fingerprint density at radius 2 is 1.09 bits per heavy atom. The fourth-order valence-electron chi connectivity index (χ4n) is 3.11. The van der Waals surface area contributed by atoms with Gasteiger partial charge in [0.1, 0.15) is 0 Å². The predicted octanol–water partition coefficient (Wildman–Crippen LogP) is 7.08. The summed E-state index contributed by atoms with van der Waals surface area (Å²) in [7, 11) is -2.16. The number of benzene rings is 2. The van der Waals surface area contributed by atoms with E-state index in [9.17, 15) is 4.57 Å². The largest absolute Gasteiger partial charge is 0.510 e. The van der Waals surface area contributed by atoms with Gasteiger partial charge < -0.3 is 31.9 Å². The molecule has 0 radical (unpaired) electrons. The van der Waals surface area contributed by atoms with E-state index in [1.165, 1.54) is 7.11 Å². The highest BCUT2D eigenvalue weighted by molar-refractivity contribution is 7.52. The van der Waals surface area contributed by atoms with Crippen molar-refractivity contribution in [1.82, 2.24) is 0 Å². The van der Waals surface area contributed by atoms with Gasteiger partial charge in [-0.2, -0.15) is 0 Å². The summed E-state index contributed by atoms with van der Waals surface area (Å²) in [4.78, 5) is 0. The minimum Gasteiger partial charge on any atom is -0.493 e. The Kier molecular flexibility index (Phi) is 9.66. The number of hydrogen-bond donors (Lipinski definition) is 0. The molecule has 2 aromatic rings. The maximum absolute atomic E-state index is 13.7. The lowest BCUT2D eigenvalue weighted by atomic mass is 10.1. The lowest BCUT2D eigenvalue weighted by molar-refractivity contribution is 0.287. The van der Waals surface area contributed by atoms with E-state index in [0.29, 0.717) is 23.0 Å². The highest BCUT2D eigenvalue weighted by atomic mass is 31.2. The first-order valence-electron chi connectivity index (χ1n) is 11.1. The molecule has 194 valence electrons. The average molecular weight is 541 g/mol. The Hall–Kier alpha value is -2.24. The molecule has 2 rings (SSSR count). The minimum atomic E-state index is -3.88. The Bertz CT molecular complexity index is 1040. The van der Waals surface area contributed by atoms with Crippen molar-refractivity contribution in [3.63, 3.8) is 0 Å². The summed E-state index contributed by atoms with van der Waals surface area (Å²) < 4.78 is 53.1. The highest BCUT2D eigenvalue weighted by Gasteiger charge is 2.40. The van der Waals surface area contributed by atoms with Crippen molar-refractivity contribution in [3.05, 3.63) is 41.5 Å². The molecule has 8 nitrogen and oxygen atoms in total. The molecule has 0 bridgehead atoms. The Morgan fingerprint density at radius 3 is 1.51 bits per heavy atom. The van der Waals surface area contributed by atoms with E-state index in [4.69, 9.17) is 31.9 Å². The minimum absolute atomic E-state index is 0.277. The van der Waals surface area contributed by atoms with Crippen LogP contribution in [0.25, 0.3) is 12.2 Å². The second kappa shape index (κ2) is 11.7. The molecule has 11 heteroatoms. The molecule has 0 unspecified atom stereocenters. The Morgan fingerprint density at radius 1 is 0.629 bits per heavy atom. The molecular weight excluding hydrogens is 503 g/mol. The fourth-order valence-corrected chi connectivity index (χ4v) is 9.64. The third-order valence-electron chi connectivity index (χ3n) is 4.32. The fraction of sp³-hybridized carbons (Fsp3) is 0.417. The molecule has 0 saturated carbocycles. The van der Waals surface area contributed by atoms with Gasteiger partial charge in [0.05, 0.1) is 28.4 Å². The van der Waals surface area contributed by atoms with E-state index in [-0.39, 0.29) is 5.75 Å². The van der Waals surface area contributed by atoms with Gasteiger partial charge in [-0.3, -0.25) is 0 Å². The first-order chi connectivity index (χ1) is 16.2. The van der Waals surface area contributed by atoms with Crippen molar-refractivity contribution >= 4 is 36.6 Å². The topological polar surface area (TPSA) is 81.7 Å². The molecule has 0 heterocycles. The van der Waals surface area contributed by atoms with Gasteiger partial charge in [0.25, 0.3) is 0 Å². The van der Waals surface area contributed by atoms with Crippen molar-refractivity contribution in [2.45, 2.75) is 39.3 Å². The van der Waals surface area contributed by atoms with Gasteiger partial charge in [0.15, 0.2) is 39.6 Å². The zero-order valence-electron chi connectivity index (χ0n) is 22.3. The monoisotopic (exact) mass is 540 g/mol. The number of methoxy groups -OCH3 is 4. The molecule has 0 amide bonds. The van der Waals surface area contributed by atoms with E-state index in [1.807, 2.05) is 69.6 Å². The molecule has 0 aliphatic heterocycles. The van der Waals surface area contributed by atoms with E-state index in [1.54, 1.807) is 33.5 Å². The van der Waals surface area contributed by atoms with Crippen LogP contribution in [0.4, 0.5) is 0 Å². The Labute approximate surface area is 211 Å². The SMILES string of the molecule is COc1ccc(/C=C\c2cc(OC)c(OC)c(OC)c2)cc1OP(=O)(O[Si](C)(C)C)O[Si](C)(C)C. The zero-order valence-corrected chi connectivity index (χ0v) is 25.1. The van der Waals surface area contributed by atoms with Crippen LogP contribution in [-0.2, 0) is 13.0 Å². The van der Waals surface area contributed by atoms with Crippen molar-refractivity contribution < 1.29 is 36.5 Å². The smallest absolute Gasteiger partial charge is 0.493 e. The van der Waals surface area contributed by atoms with Crippen LogP contribution in [0.3, 0.4) is 0 Å². The van der Waals surface area contributed by atoms with Crippen LogP contribution in [0.15, 0.2) is 30.3 Å². The van der Waals surface area contributed by atoms with E-state index >= 15 is 0 Å². The molecule has 0 fully saturated rings. The van der Waals surface area contributed by atoms with Crippen LogP contribution < -0.4 is 23.5 Å². The van der Waals surface area contributed by atoms with Gasteiger partial charge in [-0.05, 0) is 74.7 Å². The Balaban J connectivity index is 2.44. The number of phosphoric acid groups is 1. The van der Waals surface area contributed by atoms with Gasteiger partial charge in [0.2, 0.25) is 5.75 Å². The van der Waals surface area contributed by atoms with Gasteiger partial charge in [0, 0.05) is 0 Å². The van der Waals surface area contributed by atoms with Crippen LogP contribution >= 0.6 is 7.82 Å². The summed E-state index contributed by atoms with van der Waals surface area (Å²) in [6.07, 6.45) is 3.78. The molecule has 0 saturated heterocycles. The summed E-state index contributed by atoms with van der Waals surface area (Å²) in [5, 5.41) is 0. The van der Waals surface area contributed by atoms with Crippen LogP contribution in [0.1, 0.15) is 11.1 Å². The van der Waals surface area contributed by atoms with Gasteiger partial charge in [-0.1, -0.05) is 18.2 Å². The van der Waals surface area contributed by atoms with Crippen molar-refractivity contribution in [2.24, 2.45) is 0 Å². The number of ether oxygens (including phenoxy) is 4. The maximum Gasteiger partial charge on any atom is 0.510 e. The molecule has 0 aliphatic carbocycles. The van der Waals surface area contributed by atoms with Crippen molar-refractivity contribution in [3.8, 4) is 28.7 Å². The second-order valence-corrected chi connectivity index (χ2v) is 20.6. The molecule has 0 aromatic heterocycles. The van der Waals surface area contributed by atoms with Crippen LogP contribution in [-0.4, -0.2) is 45.1 Å². The standard InChI is InChI=1S/C24H37O8PSi2/c1-26-20-14-13-18(11-12-19-16-22(27-2)24(29-4)23(17-19)28-3)15-21(20)30-33(25,31-34(5,6)7)32-35(8,9)10/h11-17H,1-10H3/b12-11-. The molecule has 0 spiro atoms. The lowest BCUT2D eigenvalue weighted by Gasteiger charge is -2.30. The van der Waals surface area contributed by atoms with E-state index in [0.717, 1.165) is 11.1 Å². The first-order valence-corrected chi connectivity index (χ1v) is 19.4. The van der Waals surface area contributed by atoms with Gasteiger partial charge in [-0.25, -0.2) is 4.57 Å². The average Bonchev–Trinajstić information content (AvgIpc) is 2.73. The predicted molar refractivity (Wildman–Crippen MR) is 145 cm³/mol. The molecule has 2 aromatic carbocycles. The summed E-state index contributed by atoms with van der Waals surface area (Å²) in [5.74, 6) is 2.33. The van der Waals surface area contributed by atoms with Gasteiger partial charge in [-0.15, -0.1) is 0 Å². The van der Waals surface area contributed by atoms with Gasteiger partial charge >= 0.3 is 7.82 Å². The lowest BCUT2D eigenvalue weighted by Crippen LogP contribution is -2.31. The van der Waals surface area contributed by atoms with Crippen molar-refractivity contribution in [1.29, 1.82) is 0 Å². The first kappa shape index (κ1) is 29.0. The highest BCUT2D eigenvalue weighted by Crippen LogP contribution is 2.55. The molecule has 0 N–H and O–H groups in total. The molecule has 0 atom stereocenters. The summed E-state index contributed by atoms with van der Waals surface area (Å²) in [6, 6.07) is 9.04. The second-order valence-electron chi connectivity index (χ2n) is 9.65. The summed E-state index contributed by atoms with van der Waals surface area (Å²) in [6.45, 7) is 11.6. The third-order valence-corrected chi connectivity index (χ3v) is 10.9. The maximum atomic E-state index is 13.7. The quantitative estimate of drug-likeness (QED) is 0.160. The number of hydrogen-bond acceptors (Lipinski definition) is 8. The van der Waals surface area contributed by atoms with E-state index < -0.39 is 24.5 Å².